The Bertz CT molecular complexity index is 227. The lowest BCUT2D eigenvalue weighted by molar-refractivity contribution is -0.0511. The molecule has 2 fully saturated rings. The molecule has 0 aromatic heterocycles. The van der Waals surface area contributed by atoms with Crippen LogP contribution in [-0.4, -0.2) is 61.0 Å². The maximum absolute atomic E-state index is 10.5. The summed E-state index contributed by atoms with van der Waals surface area (Å²) in [6, 6.07) is 0. The van der Waals surface area contributed by atoms with Crippen molar-refractivity contribution in [3.63, 3.8) is 0 Å². The zero-order valence-electron chi connectivity index (χ0n) is 11.0. The van der Waals surface area contributed by atoms with E-state index in [1.807, 2.05) is 0 Å². The number of hydrogen-bond donors (Lipinski definition) is 2. The van der Waals surface area contributed by atoms with Gasteiger partial charge in [-0.15, -0.1) is 0 Å². The predicted octanol–water partition coefficient (Wildman–Crippen LogP) is 0.602. The number of rotatable bonds is 4. The van der Waals surface area contributed by atoms with Crippen molar-refractivity contribution in [3.05, 3.63) is 0 Å². The Morgan fingerprint density at radius 2 is 2.18 bits per heavy atom. The fourth-order valence-electron chi connectivity index (χ4n) is 2.99. The largest absolute Gasteiger partial charge is 0.388 e. The van der Waals surface area contributed by atoms with Gasteiger partial charge in [0.25, 0.3) is 0 Å². The van der Waals surface area contributed by atoms with E-state index < -0.39 is 5.60 Å². The monoisotopic (exact) mass is 242 g/mol. The van der Waals surface area contributed by atoms with Gasteiger partial charge in [-0.2, -0.15) is 0 Å². The van der Waals surface area contributed by atoms with E-state index in [1.165, 1.54) is 12.8 Å². The first-order valence-electron chi connectivity index (χ1n) is 6.99. The van der Waals surface area contributed by atoms with Crippen LogP contribution in [0.5, 0.6) is 0 Å². The van der Waals surface area contributed by atoms with Crippen molar-refractivity contribution in [2.24, 2.45) is 0 Å². The average molecular weight is 242 g/mol. The van der Waals surface area contributed by atoms with Crippen LogP contribution in [0.3, 0.4) is 0 Å². The van der Waals surface area contributed by atoms with Crippen LogP contribution in [-0.2, 0) is 4.74 Å². The summed E-state index contributed by atoms with van der Waals surface area (Å²) in [7, 11) is 0. The van der Waals surface area contributed by atoms with Crippen molar-refractivity contribution in [2.45, 2.75) is 44.3 Å². The second-order valence-corrected chi connectivity index (χ2v) is 5.43. The molecule has 0 spiro atoms. The average Bonchev–Trinajstić information content (AvgIpc) is 2.30. The maximum atomic E-state index is 10.5. The second-order valence-electron chi connectivity index (χ2n) is 5.43. The number of piperidine rings is 2. The lowest BCUT2D eigenvalue weighted by Gasteiger charge is -2.40. The van der Waals surface area contributed by atoms with Crippen LogP contribution in [0.15, 0.2) is 0 Å². The second kappa shape index (κ2) is 6.14. The molecule has 4 heteroatoms. The molecule has 0 aromatic carbocycles. The van der Waals surface area contributed by atoms with Gasteiger partial charge in [0.15, 0.2) is 0 Å². The molecule has 1 unspecified atom stereocenters. The van der Waals surface area contributed by atoms with Gasteiger partial charge in [0.2, 0.25) is 0 Å². The Hall–Kier alpha value is -0.160. The molecular weight excluding hydrogens is 216 g/mol. The van der Waals surface area contributed by atoms with Gasteiger partial charge in [-0.3, -0.25) is 4.90 Å². The summed E-state index contributed by atoms with van der Waals surface area (Å²) >= 11 is 0. The topological polar surface area (TPSA) is 44.7 Å². The normalized spacial score (nSPS) is 30.4. The first-order chi connectivity index (χ1) is 8.22. The summed E-state index contributed by atoms with van der Waals surface area (Å²) in [6.07, 6.45) is 4.49. The fourth-order valence-corrected chi connectivity index (χ4v) is 2.99. The minimum Gasteiger partial charge on any atom is -0.388 e. The molecule has 0 saturated carbocycles. The number of hydrogen-bond acceptors (Lipinski definition) is 4. The lowest BCUT2D eigenvalue weighted by Crippen LogP contribution is -2.52. The molecule has 0 bridgehead atoms. The molecule has 17 heavy (non-hydrogen) atoms. The highest BCUT2D eigenvalue weighted by Gasteiger charge is 2.33. The molecule has 1 atom stereocenters. The van der Waals surface area contributed by atoms with Crippen LogP contribution < -0.4 is 5.32 Å². The Morgan fingerprint density at radius 3 is 2.88 bits per heavy atom. The minimum atomic E-state index is -0.473. The highest BCUT2D eigenvalue weighted by molar-refractivity contribution is 4.89. The maximum Gasteiger partial charge on any atom is 0.0798 e. The third kappa shape index (κ3) is 3.91. The standard InChI is InChI=1S/C13H26N2O2/c1-2-17-12-4-3-9-15(10-12)11-13(16)5-7-14-8-6-13/h12,14,16H,2-11H2,1H3. The number of nitrogens with zero attached hydrogens (tertiary/aromatic N) is 1. The van der Waals surface area contributed by atoms with E-state index >= 15 is 0 Å². The summed E-state index contributed by atoms with van der Waals surface area (Å²) in [5.74, 6) is 0. The van der Waals surface area contributed by atoms with Gasteiger partial charge in [0.05, 0.1) is 11.7 Å². The van der Waals surface area contributed by atoms with E-state index in [4.69, 9.17) is 4.74 Å². The summed E-state index contributed by atoms with van der Waals surface area (Å²) < 4.78 is 5.70. The van der Waals surface area contributed by atoms with Gasteiger partial charge in [0.1, 0.15) is 0 Å². The SMILES string of the molecule is CCOC1CCCN(CC2(O)CCNCC2)C1. The van der Waals surface area contributed by atoms with Gasteiger partial charge in [-0.1, -0.05) is 0 Å². The van der Waals surface area contributed by atoms with E-state index in [0.29, 0.717) is 6.10 Å². The third-order valence-electron chi connectivity index (χ3n) is 3.92. The highest BCUT2D eigenvalue weighted by Crippen LogP contribution is 2.22. The van der Waals surface area contributed by atoms with Crippen LogP contribution in [0.4, 0.5) is 0 Å². The number of aliphatic hydroxyl groups is 1. The molecular formula is C13H26N2O2. The number of nitrogens with one attached hydrogen (secondary N) is 1. The van der Waals surface area contributed by atoms with Crippen LogP contribution in [0.2, 0.25) is 0 Å². The van der Waals surface area contributed by atoms with Gasteiger partial charge in [-0.25, -0.2) is 0 Å². The van der Waals surface area contributed by atoms with Gasteiger partial charge >= 0.3 is 0 Å². The van der Waals surface area contributed by atoms with Gasteiger partial charge < -0.3 is 15.2 Å². The number of ether oxygens (including phenoxy) is 1. The Balaban J connectivity index is 1.81. The Kier molecular flexibility index (Phi) is 4.79. The van der Waals surface area contributed by atoms with Crippen molar-refractivity contribution >= 4 is 0 Å². The van der Waals surface area contributed by atoms with Crippen molar-refractivity contribution in [3.8, 4) is 0 Å². The molecule has 0 aromatic rings. The van der Waals surface area contributed by atoms with Crippen molar-refractivity contribution in [1.82, 2.24) is 10.2 Å². The fraction of sp³-hybridized carbons (Fsp3) is 1.00. The number of likely N-dealkylation sites (tertiary alicyclic amines) is 1. The summed E-state index contributed by atoms with van der Waals surface area (Å²) in [4.78, 5) is 2.38. The molecule has 0 radical (unpaired) electrons. The van der Waals surface area contributed by atoms with E-state index in [0.717, 1.165) is 52.2 Å². The van der Waals surface area contributed by atoms with Gasteiger partial charge in [-0.05, 0) is 52.2 Å². The van der Waals surface area contributed by atoms with Crippen molar-refractivity contribution < 1.29 is 9.84 Å². The van der Waals surface area contributed by atoms with E-state index in [2.05, 4.69) is 17.1 Å². The molecule has 2 aliphatic heterocycles. The minimum absolute atomic E-state index is 0.374. The van der Waals surface area contributed by atoms with Crippen LogP contribution in [0.1, 0.15) is 32.6 Å². The van der Waals surface area contributed by atoms with Crippen molar-refractivity contribution in [2.75, 3.05) is 39.3 Å². The molecule has 0 amide bonds. The predicted molar refractivity (Wildman–Crippen MR) is 68.1 cm³/mol. The summed E-state index contributed by atoms with van der Waals surface area (Å²) in [6.45, 7) is 7.66. The molecule has 2 saturated heterocycles. The van der Waals surface area contributed by atoms with E-state index in [-0.39, 0.29) is 0 Å². The summed E-state index contributed by atoms with van der Waals surface area (Å²) in [5, 5.41) is 13.8. The van der Waals surface area contributed by atoms with Gasteiger partial charge in [0, 0.05) is 19.7 Å². The Labute approximate surface area is 104 Å². The third-order valence-corrected chi connectivity index (χ3v) is 3.92. The van der Waals surface area contributed by atoms with Crippen molar-refractivity contribution in [1.29, 1.82) is 0 Å². The zero-order chi connectivity index (χ0) is 12.1. The molecule has 2 aliphatic rings. The molecule has 100 valence electrons. The molecule has 2 N–H and O–H groups in total. The Morgan fingerprint density at radius 1 is 1.41 bits per heavy atom. The molecule has 0 aliphatic carbocycles. The smallest absolute Gasteiger partial charge is 0.0798 e. The first-order valence-corrected chi connectivity index (χ1v) is 6.99. The zero-order valence-corrected chi connectivity index (χ0v) is 11.0. The first kappa shape index (κ1) is 13.3. The summed E-state index contributed by atoms with van der Waals surface area (Å²) in [5.41, 5.74) is -0.473. The molecule has 4 nitrogen and oxygen atoms in total. The van der Waals surface area contributed by atoms with E-state index in [1.54, 1.807) is 0 Å². The van der Waals surface area contributed by atoms with Crippen LogP contribution in [0, 0.1) is 0 Å². The van der Waals surface area contributed by atoms with Crippen LogP contribution in [0.25, 0.3) is 0 Å². The van der Waals surface area contributed by atoms with E-state index in [9.17, 15) is 5.11 Å². The molecule has 2 rings (SSSR count). The quantitative estimate of drug-likeness (QED) is 0.758. The lowest BCUT2D eigenvalue weighted by atomic mass is 9.91. The highest BCUT2D eigenvalue weighted by atomic mass is 16.5. The molecule has 2 heterocycles. The van der Waals surface area contributed by atoms with Crippen LogP contribution >= 0.6 is 0 Å². The number of β-amino-alcohol motifs (C(OH)–C–C–N with tert-alkyl or cyclic N) is 1.